The van der Waals surface area contributed by atoms with Gasteiger partial charge in [-0.3, -0.25) is 9.69 Å². The van der Waals surface area contributed by atoms with E-state index >= 15 is 0 Å². The minimum atomic E-state index is -4.47. The average Bonchev–Trinajstić information content (AvgIpc) is 3.04. The number of alkyl halides is 4. The Balaban J connectivity index is 2.09. The van der Waals surface area contributed by atoms with Gasteiger partial charge in [0.05, 0.1) is 17.5 Å². The molecule has 0 spiro atoms. The first kappa shape index (κ1) is 18.0. The Morgan fingerprint density at radius 2 is 2.15 bits per heavy atom. The number of carbonyl (C=O) groups excluding carboxylic acids is 1. The maximum absolute atomic E-state index is 13.0. The Hall–Kier alpha value is -2.79. The van der Waals surface area contributed by atoms with Gasteiger partial charge in [-0.15, -0.1) is 11.6 Å². The van der Waals surface area contributed by atoms with Crippen molar-refractivity contribution in [1.82, 2.24) is 9.78 Å². The summed E-state index contributed by atoms with van der Waals surface area (Å²) >= 11 is 5.62. The van der Waals surface area contributed by atoms with Crippen molar-refractivity contribution in [3.63, 3.8) is 0 Å². The van der Waals surface area contributed by atoms with E-state index in [4.69, 9.17) is 11.6 Å². The zero-order valence-electron chi connectivity index (χ0n) is 13.3. The summed E-state index contributed by atoms with van der Waals surface area (Å²) in [6.07, 6.45) is -1.52. The van der Waals surface area contributed by atoms with Gasteiger partial charge in [0.25, 0.3) is 0 Å². The number of anilines is 1. The highest BCUT2D eigenvalue weighted by atomic mass is 35.5. The smallest absolute Gasteiger partial charge is 0.292 e. The Labute approximate surface area is 151 Å². The number of fused-ring (bicyclic) bond motifs is 1. The number of aromatic nitrogens is 2. The van der Waals surface area contributed by atoms with Gasteiger partial charge in [-0.05, 0) is 18.2 Å². The number of hydrogen-bond donors (Lipinski definition) is 0. The minimum absolute atomic E-state index is 0.0737. The molecule has 9 heteroatoms. The van der Waals surface area contributed by atoms with Crippen LogP contribution in [-0.4, -0.2) is 28.1 Å². The molecule has 0 bridgehead atoms. The van der Waals surface area contributed by atoms with Crippen LogP contribution in [-0.2, 0) is 11.0 Å². The predicted octanol–water partition coefficient (Wildman–Crippen LogP) is 3.64. The van der Waals surface area contributed by atoms with Crippen molar-refractivity contribution < 1.29 is 18.0 Å². The number of rotatable bonds is 3. The quantitative estimate of drug-likeness (QED) is 0.764. The predicted molar refractivity (Wildman–Crippen MR) is 89.5 cm³/mol. The highest BCUT2D eigenvalue weighted by molar-refractivity contribution is 6.19. The number of halogens is 4. The molecule has 3 rings (SSSR count). The van der Waals surface area contributed by atoms with Crippen LogP contribution in [0.2, 0.25) is 0 Å². The summed E-state index contributed by atoms with van der Waals surface area (Å²) in [6.45, 7) is 0.113. The lowest BCUT2D eigenvalue weighted by Crippen LogP contribution is -2.36. The topological polar surface area (TPSA) is 61.9 Å². The lowest BCUT2D eigenvalue weighted by molar-refractivity contribution is -0.137. The van der Waals surface area contributed by atoms with E-state index in [1.807, 2.05) is 6.07 Å². The van der Waals surface area contributed by atoms with Gasteiger partial charge < -0.3 is 0 Å². The molecule has 0 unspecified atom stereocenters. The summed E-state index contributed by atoms with van der Waals surface area (Å²) in [5, 5.41) is 13.4. The van der Waals surface area contributed by atoms with Crippen molar-refractivity contribution in [2.45, 2.75) is 12.6 Å². The fraction of sp³-hybridized carbons (Fsp3) is 0.235. The Morgan fingerprint density at radius 1 is 1.38 bits per heavy atom. The van der Waals surface area contributed by atoms with Gasteiger partial charge in [-0.25, -0.2) is 4.68 Å². The SMILES string of the molecule is N#Cc1cnn2c1N(C(=O)CCCl)CC=C2c1cccc(C(F)(F)F)c1. The van der Waals surface area contributed by atoms with Crippen LogP contribution < -0.4 is 4.90 Å². The molecule has 0 N–H and O–H groups in total. The molecule has 134 valence electrons. The van der Waals surface area contributed by atoms with E-state index < -0.39 is 11.7 Å². The van der Waals surface area contributed by atoms with E-state index in [9.17, 15) is 23.2 Å². The van der Waals surface area contributed by atoms with Crippen molar-refractivity contribution in [3.05, 3.63) is 53.2 Å². The number of nitriles is 1. The fourth-order valence-electron chi connectivity index (χ4n) is 2.74. The van der Waals surface area contributed by atoms with Gasteiger partial charge in [0.15, 0.2) is 5.82 Å². The number of hydrogen-bond acceptors (Lipinski definition) is 3. The zero-order valence-corrected chi connectivity index (χ0v) is 14.1. The number of carbonyl (C=O) groups is 1. The summed E-state index contributed by atoms with van der Waals surface area (Å²) in [5.74, 6) is 0.0605. The van der Waals surface area contributed by atoms with Crippen LogP contribution in [0.25, 0.3) is 5.70 Å². The Kier molecular flexibility index (Phi) is 4.74. The highest BCUT2D eigenvalue weighted by Gasteiger charge is 2.32. The van der Waals surface area contributed by atoms with Gasteiger partial charge in [0.2, 0.25) is 5.91 Å². The lowest BCUT2D eigenvalue weighted by atomic mass is 10.1. The molecule has 2 aromatic rings. The maximum atomic E-state index is 13.0. The molecule has 26 heavy (non-hydrogen) atoms. The number of nitrogens with zero attached hydrogens (tertiary/aromatic N) is 4. The van der Waals surface area contributed by atoms with E-state index in [-0.39, 0.29) is 41.7 Å². The maximum Gasteiger partial charge on any atom is 0.416 e. The van der Waals surface area contributed by atoms with Crippen molar-refractivity contribution in [3.8, 4) is 6.07 Å². The normalized spacial score (nSPS) is 13.8. The van der Waals surface area contributed by atoms with Crippen LogP contribution in [0.1, 0.15) is 23.1 Å². The lowest BCUT2D eigenvalue weighted by Gasteiger charge is -2.28. The zero-order chi connectivity index (χ0) is 18.9. The second-order valence-electron chi connectivity index (χ2n) is 5.52. The molecule has 0 saturated carbocycles. The fourth-order valence-corrected chi connectivity index (χ4v) is 2.90. The van der Waals surface area contributed by atoms with Gasteiger partial charge in [0, 0.05) is 24.4 Å². The first-order valence-corrected chi connectivity index (χ1v) is 8.13. The number of amides is 1. The van der Waals surface area contributed by atoms with E-state index in [1.165, 1.54) is 27.9 Å². The largest absolute Gasteiger partial charge is 0.416 e. The molecule has 0 radical (unpaired) electrons. The Morgan fingerprint density at radius 3 is 2.81 bits per heavy atom. The van der Waals surface area contributed by atoms with Crippen LogP contribution in [0.4, 0.5) is 19.0 Å². The summed E-state index contributed by atoms with van der Waals surface area (Å²) in [7, 11) is 0. The van der Waals surface area contributed by atoms with E-state index in [2.05, 4.69) is 5.10 Å². The van der Waals surface area contributed by atoms with Crippen molar-refractivity contribution in [2.24, 2.45) is 0 Å². The molecule has 1 aliphatic heterocycles. The Bertz CT molecular complexity index is 927. The van der Waals surface area contributed by atoms with E-state index in [0.717, 1.165) is 12.1 Å². The molecule has 1 amide bonds. The van der Waals surface area contributed by atoms with Gasteiger partial charge in [0.1, 0.15) is 11.6 Å². The first-order valence-electron chi connectivity index (χ1n) is 7.59. The molecular formula is C17H12ClF3N4O. The molecule has 1 aromatic carbocycles. The van der Waals surface area contributed by atoms with Crippen LogP contribution in [0.15, 0.2) is 36.5 Å². The van der Waals surface area contributed by atoms with Gasteiger partial charge in [-0.1, -0.05) is 12.1 Å². The second-order valence-corrected chi connectivity index (χ2v) is 5.89. The summed E-state index contributed by atoms with van der Waals surface area (Å²) in [4.78, 5) is 13.6. The first-order chi connectivity index (χ1) is 12.4. The van der Waals surface area contributed by atoms with Crippen LogP contribution in [0.3, 0.4) is 0 Å². The van der Waals surface area contributed by atoms with Crippen molar-refractivity contribution in [2.75, 3.05) is 17.3 Å². The third kappa shape index (κ3) is 3.18. The number of benzene rings is 1. The van der Waals surface area contributed by atoms with Crippen LogP contribution in [0.5, 0.6) is 0 Å². The molecular weight excluding hydrogens is 369 g/mol. The molecule has 0 fully saturated rings. The highest BCUT2D eigenvalue weighted by Crippen LogP contribution is 2.34. The van der Waals surface area contributed by atoms with Gasteiger partial charge >= 0.3 is 6.18 Å². The summed E-state index contributed by atoms with van der Waals surface area (Å²) < 4.78 is 40.3. The molecule has 1 aromatic heterocycles. The third-order valence-electron chi connectivity index (χ3n) is 3.91. The monoisotopic (exact) mass is 380 g/mol. The summed E-state index contributed by atoms with van der Waals surface area (Å²) in [6, 6.07) is 6.77. The second kappa shape index (κ2) is 6.84. The molecule has 1 aliphatic rings. The standard InChI is InChI=1S/C17H12ClF3N4O/c18-6-4-15(26)24-7-5-14(25-16(24)12(9-22)10-23-25)11-2-1-3-13(8-11)17(19,20)21/h1-3,5,8,10H,4,6-7H2. The van der Waals surface area contributed by atoms with E-state index in [1.54, 1.807) is 6.08 Å². The molecule has 5 nitrogen and oxygen atoms in total. The van der Waals surface area contributed by atoms with Crippen LogP contribution >= 0.6 is 11.6 Å². The minimum Gasteiger partial charge on any atom is -0.292 e. The average molecular weight is 381 g/mol. The van der Waals surface area contributed by atoms with E-state index in [0.29, 0.717) is 5.70 Å². The third-order valence-corrected chi connectivity index (χ3v) is 4.10. The molecule has 0 saturated heterocycles. The van der Waals surface area contributed by atoms with Gasteiger partial charge in [-0.2, -0.15) is 23.5 Å². The molecule has 0 aliphatic carbocycles. The van der Waals surface area contributed by atoms with Crippen molar-refractivity contribution in [1.29, 1.82) is 5.26 Å². The molecule has 0 atom stereocenters. The van der Waals surface area contributed by atoms with Crippen molar-refractivity contribution >= 4 is 29.0 Å². The summed E-state index contributed by atoms with van der Waals surface area (Å²) in [5.41, 5.74) is 0.0388. The van der Waals surface area contributed by atoms with Crippen LogP contribution in [0, 0.1) is 11.3 Å². The molecule has 2 heterocycles.